The molecule has 6 rings (SSSR count). The highest BCUT2D eigenvalue weighted by Crippen LogP contribution is 2.34. The maximum Gasteiger partial charge on any atom is 0.0667 e. The maximum absolute atomic E-state index is 4.28. The molecule has 0 saturated heterocycles. The van der Waals surface area contributed by atoms with E-state index in [9.17, 15) is 0 Å². The van der Waals surface area contributed by atoms with Gasteiger partial charge in [0.25, 0.3) is 0 Å². The molecule has 2 unspecified atom stereocenters. The SMILES string of the molecule is C=C/C(=C\C=C1\C=C(c2ccc(C)cc2)C=CC1)CC.C=N/C1=C\C(C(/C=C\C)=C/C)C(C)/C=C\c2ccccc21.CC.CC1=C(c2ccccc2C)C=CC1. The summed E-state index contributed by atoms with van der Waals surface area (Å²) in [6.07, 6.45) is 33.8. The van der Waals surface area contributed by atoms with Gasteiger partial charge in [-0.25, -0.2) is 0 Å². The van der Waals surface area contributed by atoms with E-state index < -0.39 is 0 Å². The summed E-state index contributed by atoms with van der Waals surface area (Å²) in [6, 6.07) is 25.6. The van der Waals surface area contributed by atoms with Crippen LogP contribution < -0.4 is 0 Å². The van der Waals surface area contributed by atoms with Crippen molar-refractivity contribution in [3.8, 4) is 0 Å². The van der Waals surface area contributed by atoms with Crippen molar-refractivity contribution in [2.45, 2.75) is 81.6 Å². The topological polar surface area (TPSA) is 12.4 Å². The zero-order chi connectivity index (χ0) is 40.9. The fourth-order valence-electron chi connectivity index (χ4n) is 6.81. The molecule has 0 aliphatic heterocycles. The van der Waals surface area contributed by atoms with E-state index in [-0.39, 0.29) is 0 Å². The third-order valence-corrected chi connectivity index (χ3v) is 10.1. The summed E-state index contributed by atoms with van der Waals surface area (Å²) >= 11 is 0. The Kier molecular flexibility index (Phi) is 19.3. The molecular weight excluding hydrogens is 675 g/mol. The van der Waals surface area contributed by atoms with Crippen LogP contribution in [-0.2, 0) is 0 Å². The highest BCUT2D eigenvalue weighted by atomic mass is 14.7. The third kappa shape index (κ3) is 13.1. The van der Waals surface area contributed by atoms with Gasteiger partial charge in [0.15, 0.2) is 0 Å². The van der Waals surface area contributed by atoms with E-state index in [0.717, 1.165) is 30.5 Å². The molecule has 0 aromatic heterocycles. The van der Waals surface area contributed by atoms with E-state index in [1.54, 1.807) is 0 Å². The zero-order valence-corrected chi connectivity index (χ0v) is 35.6. The first kappa shape index (κ1) is 44.9. The monoisotopic (exact) mass is 740 g/mol. The first-order valence-electron chi connectivity index (χ1n) is 20.4. The van der Waals surface area contributed by atoms with Crippen molar-refractivity contribution in [3.63, 3.8) is 0 Å². The molecular formula is C55H65N. The number of allylic oxidation sites excluding steroid dienone is 19. The highest BCUT2D eigenvalue weighted by Gasteiger charge is 2.19. The van der Waals surface area contributed by atoms with Crippen molar-refractivity contribution >= 4 is 29.6 Å². The molecule has 290 valence electrons. The van der Waals surface area contributed by atoms with E-state index in [1.807, 2.05) is 26.0 Å². The molecule has 0 spiro atoms. The van der Waals surface area contributed by atoms with Gasteiger partial charge in [0.2, 0.25) is 0 Å². The zero-order valence-electron chi connectivity index (χ0n) is 35.6. The van der Waals surface area contributed by atoms with Gasteiger partial charge in [-0.2, -0.15) is 0 Å². The number of aliphatic imine (C=N–C) groups is 1. The Morgan fingerprint density at radius 2 is 1.52 bits per heavy atom. The van der Waals surface area contributed by atoms with Gasteiger partial charge in [-0.05, 0) is 117 Å². The van der Waals surface area contributed by atoms with Gasteiger partial charge in [-0.15, -0.1) is 0 Å². The normalized spacial score (nSPS) is 19.8. The third-order valence-electron chi connectivity index (χ3n) is 10.1. The van der Waals surface area contributed by atoms with E-state index in [4.69, 9.17) is 0 Å². The van der Waals surface area contributed by atoms with Crippen molar-refractivity contribution in [1.82, 2.24) is 0 Å². The van der Waals surface area contributed by atoms with Crippen molar-refractivity contribution < 1.29 is 0 Å². The van der Waals surface area contributed by atoms with Gasteiger partial charge in [0.1, 0.15) is 0 Å². The van der Waals surface area contributed by atoms with Gasteiger partial charge in [-0.1, -0.05) is 203 Å². The van der Waals surface area contributed by atoms with Crippen LogP contribution in [0.4, 0.5) is 0 Å². The molecule has 0 heterocycles. The number of aryl methyl sites for hydroxylation is 2. The van der Waals surface area contributed by atoms with Gasteiger partial charge in [0.05, 0.1) is 5.70 Å². The summed E-state index contributed by atoms with van der Waals surface area (Å²) in [5, 5.41) is 0. The molecule has 3 aliphatic rings. The smallest absolute Gasteiger partial charge is 0.0667 e. The average molecular weight is 740 g/mol. The lowest BCUT2D eigenvalue weighted by Crippen LogP contribution is -2.11. The summed E-state index contributed by atoms with van der Waals surface area (Å²) in [5.74, 6) is 0.730. The first-order valence-corrected chi connectivity index (χ1v) is 20.4. The van der Waals surface area contributed by atoms with Crippen LogP contribution in [0.3, 0.4) is 0 Å². The number of benzene rings is 3. The fraction of sp³-hybridized carbons (Fsp3) is 0.255. The minimum absolute atomic E-state index is 0.316. The summed E-state index contributed by atoms with van der Waals surface area (Å²) < 4.78 is 0. The summed E-state index contributed by atoms with van der Waals surface area (Å²) in [6.45, 7) is 26.6. The fourth-order valence-corrected chi connectivity index (χ4v) is 6.81. The van der Waals surface area contributed by atoms with Crippen LogP contribution in [0.15, 0.2) is 186 Å². The Hall–Kier alpha value is -5.53. The summed E-state index contributed by atoms with van der Waals surface area (Å²) in [4.78, 5) is 4.28. The van der Waals surface area contributed by atoms with Crippen LogP contribution in [0.2, 0.25) is 0 Å². The van der Waals surface area contributed by atoms with Crippen molar-refractivity contribution in [2.24, 2.45) is 16.8 Å². The second-order valence-corrected chi connectivity index (χ2v) is 14.1. The van der Waals surface area contributed by atoms with Gasteiger partial charge >= 0.3 is 0 Å². The molecule has 1 heteroatoms. The predicted molar refractivity (Wildman–Crippen MR) is 253 cm³/mol. The lowest BCUT2D eigenvalue weighted by atomic mass is 9.82. The van der Waals surface area contributed by atoms with Crippen LogP contribution >= 0.6 is 0 Å². The van der Waals surface area contributed by atoms with Crippen LogP contribution in [0.1, 0.15) is 101 Å². The minimum atomic E-state index is 0.316. The summed E-state index contributed by atoms with van der Waals surface area (Å²) in [7, 11) is 0. The van der Waals surface area contributed by atoms with E-state index >= 15 is 0 Å². The second kappa shape index (κ2) is 24.1. The minimum Gasteiger partial charge on any atom is -0.264 e. The number of fused-ring (bicyclic) bond motifs is 1. The molecule has 0 N–H and O–H groups in total. The molecule has 2 atom stereocenters. The predicted octanol–water partition coefficient (Wildman–Crippen LogP) is 16.1. The summed E-state index contributed by atoms with van der Waals surface area (Å²) in [5.41, 5.74) is 16.8. The molecule has 0 radical (unpaired) electrons. The Bertz CT molecular complexity index is 2070. The van der Waals surface area contributed by atoms with Crippen LogP contribution in [0.25, 0.3) is 22.9 Å². The molecule has 3 aromatic rings. The van der Waals surface area contributed by atoms with Gasteiger partial charge in [0, 0.05) is 11.5 Å². The molecule has 0 bridgehead atoms. The highest BCUT2D eigenvalue weighted by molar-refractivity contribution is 5.81. The van der Waals surface area contributed by atoms with E-state index in [0.29, 0.717) is 11.8 Å². The first-order chi connectivity index (χ1) is 27.2. The number of hydrogen-bond acceptors (Lipinski definition) is 1. The molecule has 56 heavy (non-hydrogen) atoms. The Morgan fingerprint density at radius 3 is 2.12 bits per heavy atom. The van der Waals surface area contributed by atoms with E-state index in [2.05, 4.69) is 212 Å². The number of hydrogen-bond donors (Lipinski definition) is 0. The van der Waals surface area contributed by atoms with Gasteiger partial charge in [-0.3, -0.25) is 4.99 Å². The van der Waals surface area contributed by atoms with Crippen LogP contribution in [0, 0.1) is 25.7 Å². The lowest BCUT2D eigenvalue weighted by Gasteiger charge is -2.23. The molecule has 3 aliphatic carbocycles. The van der Waals surface area contributed by atoms with Crippen LogP contribution in [-0.4, -0.2) is 6.72 Å². The standard InChI is InChI=1S/C20H23N.C20H22.C13H14.C2H6/c1-5-9-16(6-2)19-14-20(21-4)18-11-8-7-10-17(18)13-12-15(19)3;1-4-17(5-2)11-12-18-7-6-8-20(15-18)19-13-9-16(3)10-14-19;1-10-6-3-4-8-12(10)13-9-5-7-11(13)2;1-2/h5-15,19H,4H2,1-3H3;4,6,8-15H,1,5,7H2,2-3H3;3-6,8-9H,7H2,1-2H3;1-2H3/b9-5-,13-12-,16-6+,20-14-;17-11+,18-12+;;. The van der Waals surface area contributed by atoms with Gasteiger partial charge < -0.3 is 0 Å². The molecule has 1 nitrogen and oxygen atoms in total. The second-order valence-electron chi connectivity index (χ2n) is 14.1. The number of nitrogens with zero attached hydrogens (tertiary/aromatic N) is 1. The molecule has 0 amide bonds. The van der Waals surface area contributed by atoms with Crippen molar-refractivity contribution in [3.05, 3.63) is 214 Å². The quantitative estimate of drug-likeness (QED) is 0.161. The van der Waals surface area contributed by atoms with Crippen molar-refractivity contribution in [1.29, 1.82) is 0 Å². The van der Waals surface area contributed by atoms with E-state index in [1.165, 1.54) is 61.3 Å². The largest absolute Gasteiger partial charge is 0.264 e. The molecule has 3 aromatic carbocycles. The maximum atomic E-state index is 4.28. The molecule has 0 saturated carbocycles. The van der Waals surface area contributed by atoms with Crippen molar-refractivity contribution in [2.75, 3.05) is 0 Å². The van der Waals surface area contributed by atoms with Crippen LogP contribution in [0.5, 0.6) is 0 Å². The number of rotatable bonds is 8. The Labute approximate surface area is 340 Å². The molecule has 0 fully saturated rings. The Morgan fingerprint density at radius 1 is 0.839 bits per heavy atom. The lowest BCUT2D eigenvalue weighted by molar-refractivity contribution is 0.594. The Balaban J connectivity index is 0.000000226. The average Bonchev–Trinajstić information content (AvgIpc) is 3.66.